The molecule has 1 saturated heterocycles. The summed E-state index contributed by atoms with van der Waals surface area (Å²) in [6, 6.07) is 5.10. The lowest BCUT2D eigenvalue weighted by Gasteiger charge is -2.37. The number of piperazine rings is 1. The summed E-state index contributed by atoms with van der Waals surface area (Å²) < 4.78 is 11.2. The zero-order valence-corrected chi connectivity index (χ0v) is 17.7. The number of halogens is 1. The predicted molar refractivity (Wildman–Crippen MR) is 109 cm³/mol. The Morgan fingerprint density at radius 2 is 1.89 bits per heavy atom. The van der Waals surface area contributed by atoms with Gasteiger partial charge in [0.2, 0.25) is 0 Å². The number of furan rings is 1. The molecular weight excluding hydrogens is 428 g/mol. The van der Waals surface area contributed by atoms with Gasteiger partial charge in [-0.2, -0.15) is 0 Å². The summed E-state index contributed by atoms with van der Waals surface area (Å²) in [4.78, 5) is 32.5. The van der Waals surface area contributed by atoms with Gasteiger partial charge < -0.3 is 24.3 Å². The first-order valence-corrected chi connectivity index (χ1v) is 9.76. The highest BCUT2D eigenvalue weighted by Crippen LogP contribution is 2.27. The minimum absolute atomic E-state index is 0.205. The molecule has 1 N–H and O–H groups in total. The highest BCUT2D eigenvalue weighted by atomic mass is 79.9. The van der Waals surface area contributed by atoms with Crippen LogP contribution in [0.1, 0.15) is 31.3 Å². The lowest BCUT2D eigenvalue weighted by molar-refractivity contribution is 0.0240. The fourth-order valence-corrected chi connectivity index (χ4v) is 3.14. The van der Waals surface area contributed by atoms with Crippen molar-refractivity contribution < 1.29 is 18.7 Å². The van der Waals surface area contributed by atoms with E-state index in [0.717, 1.165) is 5.69 Å². The lowest BCUT2D eigenvalue weighted by atomic mass is 10.2. The Balaban J connectivity index is 1.65. The number of amides is 2. The molecule has 1 aliphatic heterocycles. The summed E-state index contributed by atoms with van der Waals surface area (Å²) in [5, 5.41) is 2.84. The Bertz CT molecular complexity index is 854. The molecule has 0 unspecified atom stereocenters. The number of anilines is 2. The molecule has 2 aromatic heterocycles. The van der Waals surface area contributed by atoms with E-state index in [9.17, 15) is 9.59 Å². The second-order valence-corrected chi connectivity index (χ2v) is 8.19. The van der Waals surface area contributed by atoms with Gasteiger partial charge in [-0.25, -0.2) is 4.79 Å². The minimum atomic E-state index is -0.516. The van der Waals surface area contributed by atoms with E-state index in [-0.39, 0.29) is 17.8 Å². The van der Waals surface area contributed by atoms with Crippen LogP contribution in [0.15, 0.2) is 39.7 Å². The van der Waals surface area contributed by atoms with Crippen LogP contribution in [0.4, 0.5) is 16.2 Å². The molecule has 2 amide bonds. The highest BCUT2D eigenvalue weighted by molar-refractivity contribution is 9.10. The molecule has 0 aromatic carbocycles. The van der Waals surface area contributed by atoms with Crippen LogP contribution in [0.2, 0.25) is 0 Å². The maximum Gasteiger partial charge on any atom is 0.410 e. The Morgan fingerprint density at radius 3 is 2.50 bits per heavy atom. The van der Waals surface area contributed by atoms with E-state index < -0.39 is 5.60 Å². The van der Waals surface area contributed by atoms with Gasteiger partial charge in [0.15, 0.2) is 10.4 Å². The van der Waals surface area contributed by atoms with Crippen LogP contribution >= 0.6 is 15.9 Å². The van der Waals surface area contributed by atoms with Crippen LogP contribution in [0.5, 0.6) is 0 Å². The fraction of sp³-hybridized carbons (Fsp3) is 0.421. The average molecular weight is 451 g/mol. The molecule has 150 valence electrons. The van der Waals surface area contributed by atoms with Crippen molar-refractivity contribution in [3.63, 3.8) is 0 Å². The van der Waals surface area contributed by atoms with Crippen molar-refractivity contribution in [1.82, 2.24) is 9.88 Å². The van der Waals surface area contributed by atoms with Gasteiger partial charge in [0.05, 0.1) is 17.6 Å². The van der Waals surface area contributed by atoms with E-state index in [1.165, 1.54) is 0 Å². The number of aromatic nitrogens is 1. The first kappa shape index (κ1) is 20.2. The molecule has 8 nitrogen and oxygen atoms in total. The van der Waals surface area contributed by atoms with Crippen LogP contribution < -0.4 is 10.2 Å². The third kappa shape index (κ3) is 5.03. The number of hydrogen-bond acceptors (Lipinski definition) is 6. The monoisotopic (exact) mass is 450 g/mol. The molecule has 0 bridgehead atoms. The number of pyridine rings is 1. The third-order valence-electron chi connectivity index (χ3n) is 4.12. The second kappa shape index (κ2) is 8.22. The fourth-order valence-electron chi connectivity index (χ4n) is 2.84. The maximum absolute atomic E-state index is 12.4. The van der Waals surface area contributed by atoms with Crippen LogP contribution in [0, 0.1) is 0 Å². The van der Waals surface area contributed by atoms with E-state index in [2.05, 4.69) is 31.1 Å². The molecule has 0 saturated carbocycles. The van der Waals surface area contributed by atoms with Crippen molar-refractivity contribution in [3.05, 3.63) is 41.0 Å². The average Bonchev–Trinajstić information content (AvgIpc) is 3.07. The van der Waals surface area contributed by atoms with Crippen molar-refractivity contribution >= 4 is 39.3 Å². The lowest BCUT2D eigenvalue weighted by Crippen LogP contribution is -2.50. The Kier molecular flexibility index (Phi) is 5.93. The normalized spacial score (nSPS) is 14.7. The molecule has 28 heavy (non-hydrogen) atoms. The van der Waals surface area contributed by atoms with E-state index >= 15 is 0 Å². The number of nitrogens with one attached hydrogen (secondary N) is 1. The van der Waals surface area contributed by atoms with Gasteiger partial charge in [-0.15, -0.1) is 0 Å². The number of hydrogen-bond donors (Lipinski definition) is 1. The van der Waals surface area contributed by atoms with Crippen molar-refractivity contribution in [2.24, 2.45) is 0 Å². The summed E-state index contributed by atoms with van der Waals surface area (Å²) in [5.74, 6) is -0.149. The van der Waals surface area contributed by atoms with Gasteiger partial charge in [-0.05, 0) is 54.9 Å². The molecule has 0 atom stereocenters. The van der Waals surface area contributed by atoms with Gasteiger partial charge in [0.25, 0.3) is 5.91 Å². The topological polar surface area (TPSA) is 87.9 Å². The zero-order valence-electron chi connectivity index (χ0n) is 16.1. The Morgan fingerprint density at radius 1 is 1.18 bits per heavy atom. The number of ether oxygens (including phenoxy) is 1. The van der Waals surface area contributed by atoms with Gasteiger partial charge in [-0.1, -0.05) is 0 Å². The predicted octanol–water partition coefficient (Wildman–Crippen LogP) is 3.75. The summed E-state index contributed by atoms with van der Waals surface area (Å²) >= 11 is 3.19. The van der Waals surface area contributed by atoms with Crippen LogP contribution in [-0.2, 0) is 4.74 Å². The molecule has 0 spiro atoms. The number of carbonyl (C=O) groups excluding carboxylic acids is 2. The molecule has 2 aromatic rings. The Hall–Kier alpha value is -2.55. The van der Waals surface area contributed by atoms with Crippen molar-refractivity contribution in [2.75, 3.05) is 36.4 Å². The molecule has 3 rings (SSSR count). The van der Waals surface area contributed by atoms with Crippen molar-refractivity contribution in [3.8, 4) is 0 Å². The van der Waals surface area contributed by atoms with Gasteiger partial charge >= 0.3 is 6.09 Å². The number of carbonyl (C=O) groups is 2. The van der Waals surface area contributed by atoms with E-state index in [1.54, 1.807) is 29.4 Å². The van der Waals surface area contributed by atoms with E-state index in [1.807, 2.05) is 26.8 Å². The molecule has 1 fully saturated rings. The smallest absolute Gasteiger partial charge is 0.410 e. The molecule has 0 radical (unpaired) electrons. The van der Waals surface area contributed by atoms with Gasteiger partial charge in [0, 0.05) is 32.4 Å². The molecule has 9 heteroatoms. The number of nitrogens with zero attached hydrogens (tertiary/aromatic N) is 3. The van der Waals surface area contributed by atoms with E-state index in [4.69, 9.17) is 9.15 Å². The second-order valence-electron chi connectivity index (χ2n) is 7.41. The quantitative estimate of drug-likeness (QED) is 0.765. The van der Waals surface area contributed by atoms with Crippen LogP contribution in [-0.4, -0.2) is 53.7 Å². The SMILES string of the molecule is CC(C)(C)OC(=O)N1CCN(c2ccncc2NC(=O)c2ccc(Br)o2)CC1. The van der Waals surface area contributed by atoms with Crippen molar-refractivity contribution in [1.29, 1.82) is 0 Å². The molecular formula is C19H23BrN4O4. The maximum atomic E-state index is 12.4. The highest BCUT2D eigenvalue weighted by Gasteiger charge is 2.27. The van der Waals surface area contributed by atoms with Gasteiger partial charge in [-0.3, -0.25) is 9.78 Å². The number of rotatable bonds is 3. The molecule has 1 aliphatic rings. The first-order valence-electron chi connectivity index (χ1n) is 8.96. The zero-order chi connectivity index (χ0) is 20.3. The Labute approximate surface area is 172 Å². The van der Waals surface area contributed by atoms with E-state index in [0.29, 0.717) is 36.5 Å². The van der Waals surface area contributed by atoms with Crippen molar-refractivity contribution in [2.45, 2.75) is 26.4 Å². The van der Waals surface area contributed by atoms with Crippen LogP contribution in [0.25, 0.3) is 0 Å². The largest absolute Gasteiger partial charge is 0.444 e. The molecule has 3 heterocycles. The standard InChI is InChI=1S/C19H23BrN4O4/c1-19(2,3)28-18(26)24-10-8-23(9-11-24)14-6-7-21-12-13(14)22-17(25)15-4-5-16(20)27-15/h4-7,12H,8-11H2,1-3H3,(H,22,25). The summed E-state index contributed by atoms with van der Waals surface area (Å²) in [6.07, 6.45) is 2.97. The van der Waals surface area contributed by atoms with Crippen LogP contribution in [0.3, 0.4) is 0 Å². The summed E-state index contributed by atoms with van der Waals surface area (Å²) in [6.45, 7) is 7.88. The summed E-state index contributed by atoms with van der Waals surface area (Å²) in [5.41, 5.74) is 0.918. The summed E-state index contributed by atoms with van der Waals surface area (Å²) in [7, 11) is 0. The first-order chi connectivity index (χ1) is 13.2. The molecule has 0 aliphatic carbocycles. The minimum Gasteiger partial charge on any atom is -0.444 e. The van der Waals surface area contributed by atoms with Gasteiger partial charge in [0.1, 0.15) is 5.60 Å². The third-order valence-corrected chi connectivity index (χ3v) is 4.54.